The van der Waals surface area contributed by atoms with E-state index >= 15 is 0 Å². The first kappa shape index (κ1) is 27.4. The van der Waals surface area contributed by atoms with Crippen LogP contribution in [-0.2, 0) is 4.79 Å². The van der Waals surface area contributed by atoms with Gasteiger partial charge in [-0.2, -0.15) is 5.10 Å². The van der Waals surface area contributed by atoms with Gasteiger partial charge in [0.25, 0.3) is 0 Å². The zero-order valence-electron chi connectivity index (χ0n) is 20.1. The molecule has 0 fully saturated rings. The fraction of sp³-hybridized carbons (Fsp3) is 0.444. The van der Waals surface area contributed by atoms with Gasteiger partial charge >= 0.3 is 5.97 Å². The number of esters is 1. The van der Waals surface area contributed by atoms with E-state index in [1.165, 1.54) is 58.3 Å². The average molecular weight is 487 g/mol. The zero-order chi connectivity index (χ0) is 24.6. The van der Waals surface area contributed by atoms with Crippen molar-refractivity contribution in [1.29, 1.82) is 0 Å². The van der Waals surface area contributed by atoms with Gasteiger partial charge in [-0.1, -0.05) is 82.0 Å². The van der Waals surface area contributed by atoms with Gasteiger partial charge in [0, 0.05) is 6.42 Å². The Morgan fingerprint density at radius 1 is 0.941 bits per heavy atom. The number of carbonyl (C=O) groups is 2. The van der Waals surface area contributed by atoms with Gasteiger partial charge in [-0.25, -0.2) is 10.2 Å². The number of carbonyl (C=O) groups excluding carboxylic acids is 2. The third-order valence-electron chi connectivity index (χ3n) is 5.39. The summed E-state index contributed by atoms with van der Waals surface area (Å²) < 4.78 is 10.8. The molecule has 1 N–H and O–H groups in total. The van der Waals surface area contributed by atoms with Crippen LogP contribution in [0, 0.1) is 0 Å². The molecule has 0 atom stereocenters. The van der Waals surface area contributed by atoms with Crippen molar-refractivity contribution in [2.45, 2.75) is 71.1 Å². The van der Waals surface area contributed by atoms with Crippen LogP contribution >= 0.6 is 11.6 Å². The van der Waals surface area contributed by atoms with E-state index < -0.39 is 5.97 Å². The SMILES string of the molecule is CCCCCCCCCCCC(=O)N/N=C\c1ccc(OC(=O)c2ccccc2Cl)c(OC)c1. The maximum absolute atomic E-state index is 12.4. The van der Waals surface area contributed by atoms with Crippen molar-refractivity contribution in [2.24, 2.45) is 5.10 Å². The first-order valence-electron chi connectivity index (χ1n) is 12.0. The van der Waals surface area contributed by atoms with Crippen LogP contribution in [-0.4, -0.2) is 25.2 Å². The van der Waals surface area contributed by atoms with Gasteiger partial charge in [0.05, 0.1) is 23.9 Å². The van der Waals surface area contributed by atoms with Gasteiger partial charge in [0.2, 0.25) is 5.91 Å². The lowest BCUT2D eigenvalue weighted by Gasteiger charge is -2.10. The van der Waals surface area contributed by atoms with Crippen molar-refractivity contribution in [3.05, 3.63) is 58.6 Å². The Balaban J connectivity index is 1.75. The van der Waals surface area contributed by atoms with Crippen LogP contribution in [0.25, 0.3) is 0 Å². The van der Waals surface area contributed by atoms with E-state index in [1.54, 1.807) is 42.5 Å². The second-order valence-corrected chi connectivity index (χ2v) is 8.56. The van der Waals surface area contributed by atoms with Crippen molar-refractivity contribution in [3.63, 3.8) is 0 Å². The molecule has 184 valence electrons. The quantitative estimate of drug-likeness (QED) is 0.0972. The minimum Gasteiger partial charge on any atom is -0.493 e. The van der Waals surface area contributed by atoms with Crippen molar-refractivity contribution in [1.82, 2.24) is 5.43 Å². The number of benzene rings is 2. The topological polar surface area (TPSA) is 77.0 Å². The molecule has 0 heterocycles. The smallest absolute Gasteiger partial charge is 0.345 e. The molecule has 2 aromatic carbocycles. The van der Waals surface area contributed by atoms with Gasteiger partial charge < -0.3 is 9.47 Å². The Labute approximate surface area is 207 Å². The molecule has 0 bridgehead atoms. The number of ether oxygens (including phenoxy) is 2. The second-order valence-electron chi connectivity index (χ2n) is 8.15. The number of amides is 1. The van der Waals surface area contributed by atoms with E-state index in [1.807, 2.05) is 0 Å². The number of nitrogens with one attached hydrogen (secondary N) is 1. The highest BCUT2D eigenvalue weighted by molar-refractivity contribution is 6.33. The fourth-order valence-corrected chi connectivity index (χ4v) is 3.67. The Kier molecular flexibility index (Phi) is 12.8. The summed E-state index contributed by atoms with van der Waals surface area (Å²) in [5.41, 5.74) is 3.52. The summed E-state index contributed by atoms with van der Waals surface area (Å²) in [6.45, 7) is 2.23. The van der Waals surface area contributed by atoms with Crippen LogP contribution in [0.2, 0.25) is 5.02 Å². The van der Waals surface area contributed by atoms with Gasteiger partial charge in [-0.3, -0.25) is 4.79 Å². The number of hydrogen-bond acceptors (Lipinski definition) is 5. The number of hydrogen-bond donors (Lipinski definition) is 1. The highest BCUT2D eigenvalue weighted by atomic mass is 35.5. The highest BCUT2D eigenvalue weighted by Crippen LogP contribution is 2.29. The van der Waals surface area contributed by atoms with Crippen LogP contribution in [0.4, 0.5) is 0 Å². The monoisotopic (exact) mass is 486 g/mol. The predicted octanol–water partition coefficient (Wildman–Crippen LogP) is 6.94. The first-order chi connectivity index (χ1) is 16.5. The van der Waals surface area contributed by atoms with Crippen molar-refractivity contribution >= 4 is 29.7 Å². The van der Waals surface area contributed by atoms with Crippen LogP contribution in [0.1, 0.15) is 87.1 Å². The second kappa shape index (κ2) is 15.9. The van der Waals surface area contributed by atoms with E-state index in [0.717, 1.165) is 12.8 Å². The van der Waals surface area contributed by atoms with Crippen LogP contribution < -0.4 is 14.9 Å². The molecule has 0 unspecified atom stereocenters. The number of methoxy groups -OCH3 is 1. The maximum atomic E-state index is 12.4. The lowest BCUT2D eigenvalue weighted by atomic mass is 10.1. The van der Waals surface area contributed by atoms with E-state index in [0.29, 0.717) is 22.8 Å². The van der Waals surface area contributed by atoms with E-state index in [4.69, 9.17) is 21.1 Å². The van der Waals surface area contributed by atoms with E-state index in [-0.39, 0.29) is 17.2 Å². The van der Waals surface area contributed by atoms with Crippen molar-refractivity contribution in [2.75, 3.05) is 7.11 Å². The van der Waals surface area contributed by atoms with Crippen LogP contribution in [0.5, 0.6) is 11.5 Å². The molecule has 1 amide bonds. The van der Waals surface area contributed by atoms with Crippen LogP contribution in [0.3, 0.4) is 0 Å². The molecule has 2 rings (SSSR count). The molecule has 34 heavy (non-hydrogen) atoms. The molecule has 0 radical (unpaired) electrons. The normalized spacial score (nSPS) is 10.9. The van der Waals surface area contributed by atoms with Gasteiger partial charge in [-0.15, -0.1) is 0 Å². The molecule has 0 saturated heterocycles. The number of unbranched alkanes of at least 4 members (excludes halogenated alkanes) is 8. The fourth-order valence-electron chi connectivity index (χ4n) is 3.46. The molecule has 6 nitrogen and oxygen atoms in total. The Bertz CT molecular complexity index is 946. The number of rotatable bonds is 15. The van der Waals surface area contributed by atoms with Crippen molar-refractivity contribution in [3.8, 4) is 11.5 Å². The molecule has 0 aromatic heterocycles. The summed E-state index contributed by atoms with van der Waals surface area (Å²) >= 11 is 6.06. The van der Waals surface area contributed by atoms with E-state index in [2.05, 4.69) is 17.5 Å². The first-order valence-corrected chi connectivity index (χ1v) is 12.4. The highest BCUT2D eigenvalue weighted by Gasteiger charge is 2.15. The lowest BCUT2D eigenvalue weighted by molar-refractivity contribution is -0.121. The molecule has 7 heteroatoms. The molecule has 2 aromatic rings. The third kappa shape index (κ3) is 9.96. The summed E-state index contributed by atoms with van der Waals surface area (Å²) in [5, 5.41) is 4.33. The zero-order valence-corrected chi connectivity index (χ0v) is 20.9. The summed E-state index contributed by atoms with van der Waals surface area (Å²) in [4.78, 5) is 24.4. The molecule has 0 aliphatic carbocycles. The minimum absolute atomic E-state index is 0.101. The Morgan fingerprint density at radius 2 is 1.62 bits per heavy atom. The predicted molar refractivity (Wildman–Crippen MR) is 137 cm³/mol. The molecule has 0 saturated carbocycles. The standard InChI is InChI=1S/C27H35ClN2O4/c1-3-4-5-6-7-8-9-10-11-16-26(31)30-29-20-21-17-18-24(25(19-21)33-2)34-27(32)22-14-12-13-15-23(22)28/h12-15,17-20H,3-11,16H2,1-2H3,(H,30,31)/b29-20-. The van der Waals surface area contributed by atoms with Gasteiger partial charge in [-0.05, 0) is 42.3 Å². The van der Waals surface area contributed by atoms with Crippen LogP contribution in [0.15, 0.2) is 47.6 Å². The Morgan fingerprint density at radius 3 is 2.29 bits per heavy atom. The van der Waals surface area contributed by atoms with E-state index in [9.17, 15) is 9.59 Å². The largest absolute Gasteiger partial charge is 0.493 e. The third-order valence-corrected chi connectivity index (χ3v) is 5.72. The summed E-state index contributed by atoms with van der Waals surface area (Å²) in [6.07, 6.45) is 12.9. The molecule has 0 spiro atoms. The number of halogens is 1. The maximum Gasteiger partial charge on any atom is 0.345 e. The molecular weight excluding hydrogens is 452 g/mol. The average Bonchev–Trinajstić information content (AvgIpc) is 2.84. The lowest BCUT2D eigenvalue weighted by Crippen LogP contribution is -2.16. The Hall–Kier alpha value is -2.86. The molecule has 0 aliphatic rings. The minimum atomic E-state index is -0.575. The molecule has 0 aliphatic heterocycles. The van der Waals surface area contributed by atoms with Crippen molar-refractivity contribution < 1.29 is 19.1 Å². The van der Waals surface area contributed by atoms with Gasteiger partial charge in [0.1, 0.15) is 0 Å². The summed E-state index contributed by atoms with van der Waals surface area (Å²) in [6, 6.07) is 11.7. The number of hydrazone groups is 1. The van der Waals surface area contributed by atoms with Gasteiger partial charge in [0.15, 0.2) is 11.5 Å². The molecular formula is C27H35ClN2O4. The summed E-state index contributed by atoms with van der Waals surface area (Å²) in [7, 11) is 1.48. The summed E-state index contributed by atoms with van der Waals surface area (Å²) in [5.74, 6) is -0.0464. The number of nitrogens with zero attached hydrogens (tertiary/aromatic N) is 1.